The number of rotatable bonds is 4. The average Bonchev–Trinajstić information content (AvgIpc) is 2.25. The summed E-state index contributed by atoms with van der Waals surface area (Å²) in [6.07, 6.45) is -4.42. The van der Waals surface area contributed by atoms with E-state index in [-0.39, 0.29) is 17.8 Å². The molecule has 1 aromatic carbocycles. The van der Waals surface area contributed by atoms with Crippen LogP contribution in [0.15, 0.2) is 36.4 Å². The molecular formula is C11H10F3NO2. The molecule has 0 saturated heterocycles. The zero-order valence-electron chi connectivity index (χ0n) is 8.71. The van der Waals surface area contributed by atoms with Gasteiger partial charge in [-0.05, 0) is 18.2 Å². The second kappa shape index (κ2) is 4.90. The highest BCUT2D eigenvalue weighted by Crippen LogP contribution is 2.30. The summed E-state index contributed by atoms with van der Waals surface area (Å²) in [5, 5.41) is 11.1. The van der Waals surface area contributed by atoms with Crippen LogP contribution in [0.1, 0.15) is 5.56 Å². The normalized spacial score (nSPS) is 11.0. The zero-order valence-corrected chi connectivity index (χ0v) is 8.71. The minimum atomic E-state index is -4.42. The summed E-state index contributed by atoms with van der Waals surface area (Å²) in [5.41, 5.74) is -0.715. The van der Waals surface area contributed by atoms with Crippen molar-refractivity contribution in [2.24, 2.45) is 0 Å². The third-order valence-electron chi connectivity index (χ3n) is 2.00. The van der Waals surface area contributed by atoms with Gasteiger partial charge >= 0.3 is 12.1 Å². The molecule has 0 fully saturated rings. The molecule has 0 bridgehead atoms. The Labute approximate surface area is 95.6 Å². The van der Waals surface area contributed by atoms with Crippen LogP contribution in [0.5, 0.6) is 0 Å². The van der Waals surface area contributed by atoms with Gasteiger partial charge in [0.1, 0.15) is 0 Å². The van der Waals surface area contributed by atoms with Gasteiger partial charge in [0.15, 0.2) is 0 Å². The summed E-state index contributed by atoms with van der Waals surface area (Å²) in [5.74, 6) is -1.19. The highest BCUT2D eigenvalue weighted by atomic mass is 19.4. The van der Waals surface area contributed by atoms with E-state index in [1.54, 1.807) is 0 Å². The topological polar surface area (TPSA) is 49.3 Å². The molecule has 1 aromatic rings. The van der Waals surface area contributed by atoms with E-state index in [0.717, 1.165) is 12.1 Å². The van der Waals surface area contributed by atoms with E-state index in [4.69, 9.17) is 5.11 Å². The molecule has 0 aliphatic rings. The van der Waals surface area contributed by atoms with Crippen molar-refractivity contribution >= 4 is 11.7 Å². The van der Waals surface area contributed by atoms with Crippen LogP contribution in [0.4, 0.5) is 18.9 Å². The Morgan fingerprint density at radius 3 is 2.59 bits per heavy atom. The Morgan fingerprint density at radius 1 is 1.41 bits per heavy atom. The summed E-state index contributed by atoms with van der Waals surface area (Å²) in [6, 6.07) is 4.52. The fourth-order valence-electron chi connectivity index (χ4n) is 1.09. The lowest BCUT2D eigenvalue weighted by Crippen LogP contribution is -2.12. The molecule has 0 unspecified atom stereocenters. The van der Waals surface area contributed by atoms with Crippen LogP contribution in [-0.2, 0) is 11.0 Å². The van der Waals surface area contributed by atoms with Crippen LogP contribution >= 0.6 is 0 Å². The van der Waals surface area contributed by atoms with Gasteiger partial charge in [0.05, 0.1) is 5.56 Å². The Bertz CT molecular complexity index is 441. The Morgan fingerprint density at radius 2 is 2.06 bits per heavy atom. The molecule has 6 heteroatoms. The highest BCUT2D eigenvalue weighted by molar-refractivity contribution is 5.86. The smallest absolute Gasteiger partial charge is 0.416 e. The number of carboxylic acids is 1. The van der Waals surface area contributed by atoms with E-state index in [9.17, 15) is 18.0 Å². The zero-order chi connectivity index (χ0) is 13.1. The fourth-order valence-corrected chi connectivity index (χ4v) is 1.09. The number of aliphatic carboxylic acids is 1. The lowest BCUT2D eigenvalue weighted by atomic mass is 10.2. The fraction of sp³-hybridized carbons (Fsp3) is 0.182. The minimum Gasteiger partial charge on any atom is -0.478 e. The number of benzene rings is 1. The van der Waals surface area contributed by atoms with Crippen LogP contribution in [0.25, 0.3) is 0 Å². The number of hydrogen-bond donors (Lipinski definition) is 2. The van der Waals surface area contributed by atoms with Crippen molar-refractivity contribution in [2.75, 3.05) is 11.9 Å². The molecule has 0 spiro atoms. The van der Waals surface area contributed by atoms with Crippen LogP contribution < -0.4 is 5.32 Å². The van der Waals surface area contributed by atoms with E-state index in [0.29, 0.717) is 0 Å². The first-order valence-electron chi connectivity index (χ1n) is 4.63. The molecule has 0 aliphatic carbocycles. The monoisotopic (exact) mass is 245 g/mol. The molecule has 0 radical (unpaired) electrons. The van der Waals surface area contributed by atoms with Crippen LogP contribution in [0, 0.1) is 0 Å². The first-order chi connectivity index (χ1) is 7.80. The lowest BCUT2D eigenvalue weighted by molar-refractivity contribution is -0.137. The molecule has 2 N–H and O–H groups in total. The van der Waals surface area contributed by atoms with Gasteiger partial charge in [-0.2, -0.15) is 13.2 Å². The highest BCUT2D eigenvalue weighted by Gasteiger charge is 2.30. The molecule has 0 saturated carbocycles. The number of halogens is 3. The molecule has 92 valence electrons. The number of hydrogen-bond acceptors (Lipinski definition) is 2. The van der Waals surface area contributed by atoms with E-state index in [1.165, 1.54) is 12.1 Å². The number of carboxylic acid groups (broad SMARTS) is 1. The molecule has 0 atom stereocenters. The predicted molar refractivity (Wildman–Crippen MR) is 56.7 cm³/mol. The van der Waals surface area contributed by atoms with E-state index < -0.39 is 17.7 Å². The maximum Gasteiger partial charge on any atom is 0.416 e. The molecule has 0 aromatic heterocycles. The molecule has 0 amide bonds. The van der Waals surface area contributed by atoms with Crippen molar-refractivity contribution in [1.29, 1.82) is 0 Å². The first-order valence-corrected chi connectivity index (χ1v) is 4.63. The molecular weight excluding hydrogens is 235 g/mol. The van der Waals surface area contributed by atoms with Crippen molar-refractivity contribution in [3.8, 4) is 0 Å². The van der Waals surface area contributed by atoms with Gasteiger partial charge in [-0.3, -0.25) is 0 Å². The van der Waals surface area contributed by atoms with Gasteiger partial charge < -0.3 is 10.4 Å². The largest absolute Gasteiger partial charge is 0.478 e. The van der Waals surface area contributed by atoms with Crippen molar-refractivity contribution in [2.45, 2.75) is 6.18 Å². The Hall–Kier alpha value is -1.98. The van der Waals surface area contributed by atoms with Gasteiger partial charge in [0, 0.05) is 17.8 Å². The quantitative estimate of drug-likeness (QED) is 0.802. The van der Waals surface area contributed by atoms with Crippen LogP contribution in [-0.4, -0.2) is 17.6 Å². The third-order valence-corrected chi connectivity index (χ3v) is 2.00. The Kier molecular flexibility index (Phi) is 3.77. The molecule has 3 nitrogen and oxygen atoms in total. The van der Waals surface area contributed by atoms with E-state index in [1.807, 2.05) is 0 Å². The lowest BCUT2D eigenvalue weighted by Gasteiger charge is -2.10. The van der Waals surface area contributed by atoms with Gasteiger partial charge in [-0.25, -0.2) is 4.79 Å². The van der Waals surface area contributed by atoms with E-state index >= 15 is 0 Å². The predicted octanol–water partition coefficient (Wildman–Crippen LogP) is 2.76. The summed E-state index contributed by atoms with van der Waals surface area (Å²) >= 11 is 0. The van der Waals surface area contributed by atoms with Gasteiger partial charge in [0.2, 0.25) is 0 Å². The summed E-state index contributed by atoms with van der Waals surface area (Å²) in [4.78, 5) is 10.4. The molecule has 1 rings (SSSR count). The number of alkyl halides is 3. The average molecular weight is 245 g/mol. The summed E-state index contributed by atoms with van der Waals surface area (Å²) in [7, 11) is 0. The maximum atomic E-state index is 12.4. The maximum absolute atomic E-state index is 12.4. The van der Waals surface area contributed by atoms with Crippen molar-refractivity contribution in [1.82, 2.24) is 0 Å². The second-order valence-corrected chi connectivity index (χ2v) is 3.34. The first kappa shape index (κ1) is 13.1. The van der Waals surface area contributed by atoms with Crippen molar-refractivity contribution in [3.63, 3.8) is 0 Å². The molecule has 0 aliphatic heterocycles. The number of anilines is 1. The molecule has 0 heterocycles. The van der Waals surface area contributed by atoms with Gasteiger partial charge in [0.25, 0.3) is 0 Å². The summed E-state index contributed by atoms with van der Waals surface area (Å²) < 4.78 is 37.1. The van der Waals surface area contributed by atoms with Gasteiger partial charge in [-0.15, -0.1) is 0 Å². The van der Waals surface area contributed by atoms with Crippen LogP contribution in [0.2, 0.25) is 0 Å². The van der Waals surface area contributed by atoms with Crippen LogP contribution in [0.3, 0.4) is 0 Å². The second-order valence-electron chi connectivity index (χ2n) is 3.34. The number of carbonyl (C=O) groups is 1. The van der Waals surface area contributed by atoms with Gasteiger partial charge in [-0.1, -0.05) is 12.6 Å². The third kappa shape index (κ3) is 3.82. The van der Waals surface area contributed by atoms with E-state index in [2.05, 4.69) is 11.9 Å². The minimum absolute atomic E-state index is 0.114. The van der Waals surface area contributed by atoms with Crippen molar-refractivity contribution < 1.29 is 23.1 Å². The standard InChI is InChI=1S/C11H10F3NO2/c1-7(10(16)17)6-15-9-4-2-3-8(5-9)11(12,13)14/h2-5,15H,1,6H2,(H,16,17). The Balaban J connectivity index is 2.73. The SMILES string of the molecule is C=C(CNc1cccc(C(F)(F)F)c1)C(=O)O. The molecule has 17 heavy (non-hydrogen) atoms. The number of nitrogens with one attached hydrogen (secondary N) is 1. The van der Waals surface area contributed by atoms with Crippen molar-refractivity contribution in [3.05, 3.63) is 42.0 Å². The summed E-state index contributed by atoms with van der Waals surface area (Å²) in [6.45, 7) is 3.14.